The van der Waals surface area contributed by atoms with E-state index >= 15 is 0 Å². The van der Waals surface area contributed by atoms with E-state index in [0.29, 0.717) is 13.1 Å². The molecule has 134 valence electrons. The minimum atomic E-state index is -0.0790. The van der Waals surface area contributed by atoms with Crippen LogP contribution in [0.25, 0.3) is 10.9 Å². The van der Waals surface area contributed by atoms with Crippen LogP contribution < -0.4 is 10.6 Å². The lowest BCUT2D eigenvalue weighted by Gasteiger charge is -2.17. The molecular weight excluding hydrogens is 322 g/mol. The van der Waals surface area contributed by atoms with Crippen molar-refractivity contribution in [3.05, 3.63) is 71.4 Å². The minimum Gasteiger partial charge on any atom is -0.358 e. The normalized spacial score (nSPS) is 15.0. The first kappa shape index (κ1) is 16.7. The predicted molar refractivity (Wildman–Crippen MR) is 105 cm³/mol. The number of H-pyrrole nitrogens is 1. The fourth-order valence-corrected chi connectivity index (χ4v) is 3.78. The van der Waals surface area contributed by atoms with Crippen LogP contribution in [0.4, 0.5) is 4.79 Å². The summed E-state index contributed by atoms with van der Waals surface area (Å²) < 4.78 is 0. The molecule has 3 N–H and O–H groups in total. The highest BCUT2D eigenvalue weighted by Gasteiger charge is 2.44. The van der Waals surface area contributed by atoms with Crippen LogP contribution in [-0.2, 0) is 11.8 Å². The number of fused-ring (bicyclic) bond motifs is 1. The van der Waals surface area contributed by atoms with Gasteiger partial charge in [0.25, 0.3) is 0 Å². The molecule has 0 radical (unpaired) electrons. The van der Waals surface area contributed by atoms with Crippen LogP contribution in [0.5, 0.6) is 0 Å². The summed E-state index contributed by atoms with van der Waals surface area (Å²) in [4.78, 5) is 15.6. The second-order valence-electron chi connectivity index (χ2n) is 7.28. The Kier molecular flexibility index (Phi) is 4.41. The highest BCUT2D eigenvalue weighted by atomic mass is 16.2. The van der Waals surface area contributed by atoms with Crippen molar-refractivity contribution in [1.82, 2.24) is 15.6 Å². The zero-order valence-electron chi connectivity index (χ0n) is 15.1. The first-order valence-corrected chi connectivity index (χ1v) is 9.31. The molecule has 1 saturated carbocycles. The van der Waals surface area contributed by atoms with Crippen molar-refractivity contribution in [2.75, 3.05) is 13.1 Å². The van der Waals surface area contributed by atoms with Gasteiger partial charge in [-0.3, -0.25) is 0 Å². The second kappa shape index (κ2) is 6.87. The topological polar surface area (TPSA) is 56.9 Å². The average molecular weight is 347 g/mol. The lowest BCUT2D eigenvalue weighted by Crippen LogP contribution is -2.40. The molecule has 1 heterocycles. The third-order valence-electron chi connectivity index (χ3n) is 5.51. The van der Waals surface area contributed by atoms with Gasteiger partial charge in [0.05, 0.1) is 0 Å². The summed E-state index contributed by atoms with van der Waals surface area (Å²) in [6, 6.07) is 18.7. The molecule has 3 aromatic rings. The molecule has 0 unspecified atom stereocenters. The zero-order chi connectivity index (χ0) is 18.0. The Morgan fingerprint density at radius 3 is 2.54 bits per heavy atom. The van der Waals surface area contributed by atoms with Crippen molar-refractivity contribution in [3.8, 4) is 0 Å². The molecule has 1 fully saturated rings. The highest BCUT2D eigenvalue weighted by molar-refractivity contribution is 5.84. The molecule has 0 aliphatic heterocycles. The Morgan fingerprint density at radius 1 is 1.04 bits per heavy atom. The van der Waals surface area contributed by atoms with E-state index in [4.69, 9.17) is 0 Å². The number of carbonyl (C=O) groups is 1. The second-order valence-corrected chi connectivity index (χ2v) is 7.28. The number of carbonyl (C=O) groups excluding carboxylic acids is 1. The Labute approximate surface area is 154 Å². The van der Waals surface area contributed by atoms with Crippen molar-refractivity contribution in [1.29, 1.82) is 0 Å². The molecule has 2 aromatic carbocycles. The zero-order valence-corrected chi connectivity index (χ0v) is 15.1. The fourth-order valence-electron chi connectivity index (χ4n) is 3.78. The third kappa shape index (κ3) is 3.32. The molecule has 1 aliphatic carbocycles. The van der Waals surface area contributed by atoms with E-state index in [0.717, 1.165) is 24.8 Å². The first-order chi connectivity index (χ1) is 12.7. The summed E-state index contributed by atoms with van der Waals surface area (Å²) in [6.45, 7) is 3.42. The van der Waals surface area contributed by atoms with Gasteiger partial charge >= 0.3 is 6.03 Å². The number of hydrogen-bond donors (Lipinski definition) is 3. The number of aryl methyl sites for hydroxylation is 1. The molecule has 0 atom stereocenters. The van der Waals surface area contributed by atoms with Crippen molar-refractivity contribution in [2.24, 2.45) is 0 Å². The lowest BCUT2D eigenvalue weighted by atomic mass is 9.96. The standard InChI is InChI=1S/C22H25N3O/c1-16-18(19-9-5-6-10-20(19)25-16)11-14-23-21(26)24-15-22(12-13-22)17-7-3-2-4-8-17/h2-10,25H,11-15H2,1H3,(H2,23,24,26). The Bertz CT molecular complexity index is 910. The van der Waals surface area contributed by atoms with E-state index in [9.17, 15) is 4.79 Å². The van der Waals surface area contributed by atoms with Gasteiger partial charge in [-0.1, -0.05) is 48.5 Å². The van der Waals surface area contributed by atoms with Gasteiger partial charge in [-0.05, 0) is 43.4 Å². The van der Waals surface area contributed by atoms with E-state index in [1.165, 1.54) is 22.2 Å². The Morgan fingerprint density at radius 2 is 1.77 bits per heavy atom. The number of urea groups is 1. The molecule has 4 rings (SSSR count). The summed E-state index contributed by atoms with van der Waals surface area (Å²) in [5.74, 6) is 0. The molecule has 4 nitrogen and oxygen atoms in total. The molecule has 1 aromatic heterocycles. The molecule has 4 heteroatoms. The fraction of sp³-hybridized carbons (Fsp3) is 0.318. The van der Waals surface area contributed by atoms with Crippen LogP contribution in [0.2, 0.25) is 0 Å². The summed E-state index contributed by atoms with van der Waals surface area (Å²) in [5.41, 5.74) is 5.09. The van der Waals surface area contributed by atoms with Crippen LogP contribution in [0.1, 0.15) is 29.7 Å². The van der Waals surface area contributed by atoms with Crippen molar-refractivity contribution < 1.29 is 4.79 Å². The van der Waals surface area contributed by atoms with Crippen molar-refractivity contribution in [2.45, 2.75) is 31.6 Å². The van der Waals surface area contributed by atoms with Crippen LogP contribution in [0.15, 0.2) is 54.6 Å². The largest absolute Gasteiger partial charge is 0.358 e. The van der Waals surface area contributed by atoms with Gasteiger partial charge in [0.1, 0.15) is 0 Å². The molecular formula is C22H25N3O. The highest BCUT2D eigenvalue weighted by Crippen LogP contribution is 2.47. The number of hydrogen-bond acceptors (Lipinski definition) is 1. The maximum Gasteiger partial charge on any atom is 0.314 e. The molecule has 1 aliphatic rings. The average Bonchev–Trinajstić information content (AvgIpc) is 3.40. The van der Waals surface area contributed by atoms with Gasteiger partial charge in [-0.25, -0.2) is 4.79 Å². The van der Waals surface area contributed by atoms with E-state index in [1.54, 1.807) is 0 Å². The summed E-state index contributed by atoms with van der Waals surface area (Å²) in [7, 11) is 0. The van der Waals surface area contributed by atoms with E-state index < -0.39 is 0 Å². The number of rotatable bonds is 6. The van der Waals surface area contributed by atoms with E-state index in [-0.39, 0.29) is 11.4 Å². The smallest absolute Gasteiger partial charge is 0.314 e. The van der Waals surface area contributed by atoms with Crippen LogP contribution >= 0.6 is 0 Å². The number of amides is 2. The van der Waals surface area contributed by atoms with Gasteiger partial charge in [0.2, 0.25) is 0 Å². The Balaban J connectivity index is 1.29. The number of aromatic amines is 1. The van der Waals surface area contributed by atoms with Crippen LogP contribution in [0.3, 0.4) is 0 Å². The molecule has 2 amide bonds. The maximum atomic E-state index is 12.2. The molecule has 0 spiro atoms. The molecule has 26 heavy (non-hydrogen) atoms. The number of aromatic nitrogens is 1. The van der Waals surface area contributed by atoms with E-state index in [1.807, 2.05) is 12.1 Å². The quantitative estimate of drug-likeness (QED) is 0.619. The van der Waals surface area contributed by atoms with Gasteiger partial charge in [0.15, 0.2) is 0 Å². The van der Waals surface area contributed by atoms with Gasteiger partial charge in [-0.15, -0.1) is 0 Å². The number of benzene rings is 2. The SMILES string of the molecule is Cc1[nH]c2ccccc2c1CCNC(=O)NCC1(c2ccccc2)CC1. The van der Waals surface area contributed by atoms with E-state index in [2.05, 4.69) is 65.0 Å². The van der Waals surface area contributed by atoms with Crippen molar-refractivity contribution in [3.63, 3.8) is 0 Å². The van der Waals surface area contributed by atoms with Crippen LogP contribution in [0, 0.1) is 6.92 Å². The summed E-state index contributed by atoms with van der Waals surface area (Å²) >= 11 is 0. The minimum absolute atomic E-state index is 0.0790. The van der Waals surface area contributed by atoms with Crippen molar-refractivity contribution >= 4 is 16.9 Å². The molecule has 0 bridgehead atoms. The summed E-state index contributed by atoms with van der Waals surface area (Å²) in [5, 5.41) is 7.30. The predicted octanol–water partition coefficient (Wildman–Crippen LogP) is 4.05. The summed E-state index contributed by atoms with van der Waals surface area (Å²) in [6.07, 6.45) is 3.12. The lowest BCUT2D eigenvalue weighted by molar-refractivity contribution is 0.240. The third-order valence-corrected chi connectivity index (χ3v) is 5.51. The van der Waals surface area contributed by atoms with Gasteiger partial charge in [0, 0.05) is 35.1 Å². The number of nitrogens with one attached hydrogen (secondary N) is 3. The first-order valence-electron chi connectivity index (χ1n) is 9.31. The van der Waals surface area contributed by atoms with Gasteiger partial charge < -0.3 is 15.6 Å². The monoisotopic (exact) mass is 347 g/mol. The van der Waals surface area contributed by atoms with Crippen LogP contribution in [-0.4, -0.2) is 24.1 Å². The van der Waals surface area contributed by atoms with Gasteiger partial charge in [-0.2, -0.15) is 0 Å². The maximum absolute atomic E-state index is 12.2. The Hall–Kier alpha value is -2.75. The number of para-hydroxylation sites is 1. The molecule has 0 saturated heterocycles.